The second-order valence-corrected chi connectivity index (χ2v) is 8.98. The van der Waals surface area contributed by atoms with Crippen LogP contribution < -0.4 is 5.32 Å². The van der Waals surface area contributed by atoms with Gasteiger partial charge in [0.15, 0.2) is 0 Å². The van der Waals surface area contributed by atoms with Crippen LogP contribution in [-0.4, -0.2) is 13.1 Å². The van der Waals surface area contributed by atoms with E-state index in [1.54, 1.807) is 0 Å². The van der Waals surface area contributed by atoms with Gasteiger partial charge in [0.2, 0.25) is 0 Å². The third-order valence-electron chi connectivity index (χ3n) is 6.17. The topological polar surface area (TPSA) is 12.0 Å². The molecule has 1 saturated heterocycles. The maximum absolute atomic E-state index is 3.65. The lowest BCUT2D eigenvalue weighted by atomic mass is 9.52. The number of benzene rings is 1. The number of nitrogens with one attached hydrogen (secondary N) is 1. The van der Waals surface area contributed by atoms with Crippen LogP contribution in [0.5, 0.6) is 0 Å². The minimum Gasteiger partial charge on any atom is -0.316 e. The standard InChI is InChI=1S/C19H28BrN/c1-14-12-18(2,3)7-8-19(14)9-10-21-13-17(19)15-5-4-6-16(20)11-15/h4-6,11,14,17,21H,7-10,12-13H2,1-3H3. The number of hydrogen-bond donors (Lipinski definition) is 1. The Morgan fingerprint density at radius 2 is 2.00 bits per heavy atom. The average molecular weight is 350 g/mol. The van der Waals surface area contributed by atoms with Crippen LogP contribution >= 0.6 is 15.9 Å². The van der Waals surface area contributed by atoms with Gasteiger partial charge in [-0.05, 0) is 66.7 Å². The first-order chi connectivity index (χ1) is 9.93. The highest BCUT2D eigenvalue weighted by Gasteiger charge is 2.49. The molecule has 0 bridgehead atoms. The van der Waals surface area contributed by atoms with Crippen LogP contribution in [0.1, 0.15) is 57.9 Å². The van der Waals surface area contributed by atoms with Gasteiger partial charge in [0.05, 0.1) is 0 Å². The number of hydrogen-bond acceptors (Lipinski definition) is 1. The third-order valence-corrected chi connectivity index (χ3v) is 6.66. The van der Waals surface area contributed by atoms with E-state index in [1.165, 1.54) is 42.3 Å². The van der Waals surface area contributed by atoms with Gasteiger partial charge in [0.1, 0.15) is 0 Å². The van der Waals surface area contributed by atoms with Gasteiger partial charge in [-0.2, -0.15) is 0 Å². The molecule has 1 saturated carbocycles. The van der Waals surface area contributed by atoms with Gasteiger partial charge in [0.25, 0.3) is 0 Å². The molecule has 0 amide bonds. The third kappa shape index (κ3) is 2.94. The normalized spacial score (nSPS) is 35.8. The first-order valence-electron chi connectivity index (χ1n) is 8.39. The first kappa shape index (κ1) is 15.6. The summed E-state index contributed by atoms with van der Waals surface area (Å²) in [6, 6.07) is 9.00. The lowest BCUT2D eigenvalue weighted by Crippen LogP contribution is -2.50. The van der Waals surface area contributed by atoms with Crippen LogP contribution in [-0.2, 0) is 0 Å². The number of rotatable bonds is 1. The minimum absolute atomic E-state index is 0.502. The van der Waals surface area contributed by atoms with Crippen molar-refractivity contribution in [2.24, 2.45) is 16.7 Å². The highest BCUT2D eigenvalue weighted by Crippen LogP contribution is 2.57. The highest BCUT2D eigenvalue weighted by atomic mass is 79.9. The van der Waals surface area contributed by atoms with E-state index in [9.17, 15) is 0 Å². The Hall–Kier alpha value is -0.340. The fraction of sp³-hybridized carbons (Fsp3) is 0.684. The van der Waals surface area contributed by atoms with Gasteiger partial charge >= 0.3 is 0 Å². The van der Waals surface area contributed by atoms with Crippen LogP contribution in [0, 0.1) is 16.7 Å². The average Bonchev–Trinajstić information content (AvgIpc) is 2.44. The second-order valence-electron chi connectivity index (χ2n) is 8.06. The van der Waals surface area contributed by atoms with Crippen LogP contribution in [0.2, 0.25) is 0 Å². The molecule has 116 valence electrons. The molecule has 1 aliphatic heterocycles. The lowest BCUT2D eigenvalue weighted by molar-refractivity contribution is -0.00702. The Balaban J connectivity index is 1.95. The van der Waals surface area contributed by atoms with E-state index < -0.39 is 0 Å². The van der Waals surface area contributed by atoms with Crippen molar-refractivity contribution in [1.82, 2.24) is 5.32 Å². The Morgan fingerprint density at radius 3 is 2.71 bits per heavy atom. The van der Waals surface area contributed by atoms with Crippen molar-refractivity contribution in [3.05, 3.63) is 34.3 Å². The summed E-state index contributed by atoms with van der Waals surface area (Å²) in [6.45, 7) is 9.74. The number of piperidine rings is 1. The molecule has 21 heavy (non-hydrogen) atoms. The molecule has 0 aromatic heterocycles. The molecular formula is C19H28BrN. The summed E-state index contributed by atoms with van der Waals surface area (Å²) in [5.74, 6) is 1.47. The molecule has 1 spiro atoms. The van der Waals surface area contributed by atoms with Gasteiger partial charge in [-0.15, -0.1) is 0 Å². The number of halogens is 1. The molecule has 1 aliphatic carbocycles. The van der Waals surface area contributed by atoms with Gasteiger partial charge in [-0.25, -0.2) is 0 Å². The van der Waals surface area contributed by atoms with E-state index >= 15 is 0 Å². The van der Waals surface area contributed by atoms with E-state index in [0.29, 0.717) is 16.7 Å². The van der Waals surface area contributed by atoms with E-state index in [0.717, 1.165) is 12.5 Å². The molecule has 2 aliphatic rings. The zero-order valence-corrected chi connectivity index (χ0v) is 15.2. The van der Waals surface area contributed by atoms with E-state index in [1.807, 2.05) is 0 Å². The first-order valence-corrected chi connectivity index (χ1v) is 9.18. The van der Waals surface area contributed by atoms with Crippen molar-refractivity contribution in [3.8, 4) is 0 Å². The van der Waals surface area contributed by atoms with Gasteiger partial charge < -0.3 is 5.32 Å². The summed E-state index contributed by atoms with van der Waals surface area (Å²) in [6.07, 6.45) is 5.47. The minimum atomic E-state index is 0.502. The molecule has 2 heteroatoms. The van der Waals surface area contributed by atoms with Crippen molar-refractivity contribution in [1.29, 1.82) is 0 Å². The van der Waals surface area contributed by atoms with Crippen LogP contribution in [0.3, 0.4) is 0 Å². The molecule has 3 rings (SSSR count). The van der Waals surface area contributed by atoms with E-state index in [2.05, 4.69) is 66.3 Å². The Bertz CT molecular complexity index is 510. The summed E-state index contributed by atoms with van der Waals surface area (Å²) in [4.78, 5) is 0. The Morgan fingerprint density at radius 1 is 1.19 bits per heavy atom. The zero-order chi connectivity index (χ0) is 15.1. The summed E-state index contributed by atoms with van der Waals surface area (Å²) in [7, 11) is 0. The highest BCUT2D eigenvalue weighted by molar-refractivity contribution is 9.10. The summed E-state index contributed by atoms with van der Waals surface area (Å²) < 4.78 is 1.21. The molecule has 1 nitrogen and oxygen atoms in total. The second kappa shape index (κ2) is 5.70. The lowest BCUT2D eigenvalue weighted by Gasteiger charge is -2.55. The molecule has 3 atom stereocenters. The maximum atomic E-state index is 3.65. The van der Waals surface area contributed by atoms with E-state index in [4.69, 9.17) is 0 Å². The van der Waals surface area contributed by atoms with Gasteiger partial charge in [-0.1, -0.05) is 48.8 Å². The predicted octanol–water partition coefficient (Wildman–Crippen LogP) is 5.36. The molecular weight excluding hydrogens is 322 g/mol. The fourth-order valence-electron chi connectivity index (χ4n) is 4.96. The quantitative estimate of drug-likeness (QED) is 0.719. The van der Waals surface area contributed by atoms with Crippen LogP contribution in [0.15, 0.2) is 28.7 Å². The van der Waals surface area contributed by atoms with Crippen molar-refractivity contribution >= 4 is 15.9 Å². The van der Waals surface area contributed by atoms with Gasteiger partial charge in [-0.3, -0.25) is 0 Å². The molecule has 1 aromatic rings. The summed E-state index contributed by atoms with van der Waals surface area (Å²) in [5.41, 5.74) is 2.54. The van der Waals surface area contributed by atoms with E-state index in [-0.39, 0.29) is 0 Å². The van der Waals surface area contributed by atoms with Crippen molar-refractivity contribution < 1.29 is 0 Å². The van der Waals surface area contributed by atoms with Crippen LogP contribution in [0.25, 0.3) is 0 Å². The molecule has 3 unspecified atom stereocenters. The summed E-state index contributed by atoms with van der Waals surface area (Å²) in [5, 5.41) is 3.65. The molecule has 2 fully saturated rings. The van der Waals surface area contributed by atoms with Gasteiger partial charge in [0, 0.05) is 16.9 Å². The van der Waals surface area contributed by atoms with Crippen molar-refractivity contribution in [3.63, 3.8) is 0 Å². The predicted molar refractivity (Wildman–Crippen MR) is 93.6 cm³/mol. The smallest absolute Gasteiger partial charge is 0.0178 e. The zero-order valence-electron chi connectivity index (χ0n) is 13.6. The summed E-state index contributed by atoms with van der Waals surface area (Å²) >= 11 is 3.65. The monoisotopic (exact) mass is 349 g/mol. The Kier molecular flexibility index (Phi) is 4.22. The van der Waals surface area contributed by atoms with Crippen molar-refractivity contribution in [2.75, 3.05) is 13.1 Å². The SMILES string of the molecule is CC1CC(C)(C)CCC12CCNCC2c1cccc(Br)c1. The Labute approximate surface area is 138 Å². The van der Waals surface area contributed by atoms with Crippen LogP contribution in [0.4, 0.5) is 0 Å². The fourth-order valence-corrected chi connectivity index (χ4v) is 5.38. The van der Waals surface area contributed by atoms with Crippen molar-refractivity contribution in [2.45, 2.75) is 52.4 Å². The molecule has 0 radical (unpaired) electrons. The molecule has 1 aromatic carbocycles. The largest absolute Gasteiger partial charge is 0.316 e. The maximum Gasteiger partial charge on any atom is 0.0178 e. The molecule has 1 N–H and O–H groups in total. The molecule has 1 heterocycles.